The Balaban J connectivity index is 1.14. The molecule has 0 aliphatic carbocycles. The van der Waals surface area contributed by atoms with Crippen LogP contribution in [0, 0.1) is 0 Å². The van der Waals surface area contributed by atoms with Crippen molar-refractivity contribution >= 4 is 23.2 Å². The Kier molecular flexibility index (Phi) is 9.15. The van der Waals surface area contributed by atoms with Crippen LogP contribution in [0.15, 0.2) is 48.5 Å². The third-order valence-corrected chi connectivity index (χ3v) is 7.37. The van der Waals surface area contributed by atoms with Crippen molar-refractivity contribution in [3.05, 3.63) is 59.7 Å². The van der Waals surface area contributed by atoms with Crippen molar-refractivity contribution in [1.82, 2.24) is 9.80 Å². The predicted molar refractivity (Wildman–Crippen MR) is 139 cm³/mol. The van der Waals surface area contributed by atoms with Gasteiger partial charge in [0.1, 0.15) is 0 Å². The number of halogens is 6. The molecule has 0 bridgehead atoms. The average molecular weight is 571 g/mol. The maximum atomic E-state index is 13.0. The van der Waals surface area contributed by atoms with Crippen LogP contribution in [0.5, 0.6) is 0 Å². The van der Waals surface area contributed by atoms with Crippen molar-refractivity contribution in [1.29, 1.82) is 0 Å². The van der Waals surface area contributed by atoms with Crippen LogP contribution >= 0.6 is 0 Å². The van der Waals surface area contributed by atoms with E-state index in [-0.39, 0.29) is 11.8 Å². The molecule has 0 radical (unpaired) electrons. The van der Waals surface area contributed by atoms with E-state index in [1.54, 1.807) is 21.9 Å². The van der Waals surface area contributed by atoms with Crippen LogP contribution in [0.2, 0.25) is 0 Å². The fourth-order valence-electron chi connectivity index (χ4n) is 5.05. The molecule has 2 fully saturated rings. The van der Waals surface area contributed by atoms with E-state index >= 15 is 0 Å². The van der Waals surface area contributed by atoms with Crippen molar-refractivity contribution in [2.75, 3.05) is 62.2 Å². The van der Waals surface area contributed by atoms with Crippen molar-refractivity contribution < 1.29 is 35.9 Å². The molecule has 2 saturated heterocycles. The highest BCUT2D eigenvalue weighted by Gasteiger charge is 2.32. The largest absolute Gasteiger partial charge is 0.416 e. The molecule has 0 saturated carbocycles. The highest BCUT2D eigenvalue weighted by atomic mass is 19.4. The predicted octanol–water partition coefficient (Wildman–Crippen LogP) is 5.28. The van der Waals surface area contributed by atoms with Gasteiger partial charge in [0.2, 0.25) is 11.8 Å². The van der Waals surface area contributed by atoms with Crippen LogP contribution in [0.4, 0.5) is 37.7 Å². The molecular weight excluding hydrogens is 538 g/mol. The number of benzene rings is 2. The zero-order valence-electron chi connectivity index (χ0n) is 22.0. The summed E-state index contributed by atoms with van der Waals surface area (Å²) < 4.78 is 78.0. The average Bonchev–Trinajstić information content (AvgIpc) is 2.94. The molecule has 0 N–H and O–H groups in total. The summed E-state index contributed by atoms with van der Waals surface area (Å²) in [6.07, 6.45) is -7.14. The minimum Gasteiger partial charge on any atom is -0.368 e. The van der Waals surface area contributed by atoms with Gasteiger partial charge in [0, 0.05) is 76.6 Å². The normalized spacial score (nSPS) is 16.9. The summed E-state index contributed by atoms with van der Waals surface area (Å²) in [4.78, 5) is 32.3. The topological polar surface area (TPSA) is 47.1 Å². The van der Waals surface area contributed by atoms with Crippen LogP contribution in [-0.4, -0.2) is 74.0 Å². The van der Waals surface area contributed by atoms with Gasteiger partial charge in [0.15, 0.2) is 0 Å². The van der Waals surface area contributed by atoms with Crippen LogP contribution in [-0.2, 0) is 21.9 Å². The summed E-state index contributed by atoms with van der Waals surface area (Å²) >= 11 is 0. The van der Waals surface area contributed by atoms with Crippen molar-refractivity contribution in [3.63, 3.8) is 0 Å². The number of hydrogen-bond donors (Lipinski definition) is 0. The van der Waals surface area contributed by atoms with Gasteiger partial charge in [-0.15, -0.1) is 0 Å². The first-order valence-corrected chi connectivity index (χ1v) is 13.3. The summed E-state index contributed by atoms with van der Waals surface area (Å²) in [6, 6.07) is 10.4. The van der Waals surface area contributed by atoms with Gasteiger partial charge in [0.05, 0.1) is 11.1 Å². The molecule has 218 valence electrons. The Bertz CT molecular complexity index is 1080. The molecule has 2 amide bonds. The Morgan fingerprint density at radius 1 is 0.575 bits per heavy atom. The zero-order chi connectivity index (χ0) is 28.9. The van der Waals surface area contributed by atoms with Gasteiger partial charge in [0.25, 0.3) is 0 Å². The van der Waals surface area contributed by atoms with Gasteiger partial charge in [-0.3, -0.25) is 9.59 Å². The highest BCUT2D eigenvalue weighted by Crippen LogP contribution is 2.33. The lowest BCUT2D eigenvalue weighted by atomic mass is 10.1. The molecule has 2 aromatic carbocycles. The number of amides is 2. The van der Waals surface area contributed by atoms with Crippen LogP contribution < -0.4 is 9.80 Å². The van der Waals surface area contributed by atoms with E-state index in [1.807, 2.05) is 9.80 Å². The summed E-state index contributed by atoms with van der Waals surface area (Å²) in [5.74, 6) is -0.0725. The number of piperazine rings is 2. The Morgan fingerprint density at radius 3 is 1.25 bits per heavy atom. The van der Waals surface area contributed by atoms with Gasteiger partial charge in [-0.1, -0.05) is 12.1 Å². The number of alkyl halides is 6. The van der Waals surface area contributed by atoms with Gasteiger partial charge in [-0.25, -0.2) is 0 Å². The number of nitrogens with zero attached hydrogens (tertiary/aromatic N) is 4. The van der Waals surface area contributed by atoms with E-state index in [2.05, 4.69) is 0 Å². The molecule has 0 spiro atoms. The third-order valence-electron chi connectivity index (χ3n) is 7.37. The highest BCUT2D eigenvalue weighted by molar-refractivity contribution is 5.78. The molecule has 6 nitrogen and oxygen atoms in total. The van der Waals surface area contributed by atoms with E-state index in [0.717, 1.165) is 24.3 Å². The standard InChI is InChI=1S/C28H32F6N4O2/c29-27(30,31)21-5-3-7-23(19-21)35-11-15-37(16-12-35)25(39)9-1-2-10-26(40)38-17-13-36(14-18-38)24-8-4-6-22(20-24)28(32,33)34/h3-8,19-20H,1-2,9-18H2. The van der Waals surface area contributed by atoms with Crippen LogP contribution in [0.1, 0.15) is 36.8 Å². The summed E-state index contributed by atoms with van der Waals surface area (Å²) in [5, 5.41) is 0. The summed E-state index contributed by atoms with van der Waals surface area (Å²) in [6.45, 7) is 3.45. The van der Waals surface area contributed by atoms with Gasteiger partial charge < -0.3 is 19.6 Å². The van der Waals surface area contributed by atoms with Gasteiger partial charge in [-0.05, 0) is 49.2 Å². The molecule has 2 heterocycles. The molecule has 0 unspecified atom stereocenters. The van der Waals surface area contributed by atoms with Crippen LogP contribution in [0.3, 0.4) is 0 Å². The minimum absolute atomic E-state index is 0.0363. The lowest BCUT2D eigenvalue weighted by Crippen LogP contribution is -2.49. The SMILES string of the molecule is O=C(CCCCC(=O)N1CCN(c2cccc(C(F)(F)F)c2)CC1)N1CCN(c2cccc(C(F)(F)F)c2)CC1. The van der Waals surface area contributed by atoms with Crippen molar-refractivity contribution in [3.8, 4) is 0 Å². The quantitative estimate of drug-likeness (QED) is 0.336. The molecule has 0 aromatic heterocycles. The fourth-order valence-corrected chi connectivity index (χ4v) is 5.05. The molecule has 0 atom stereocenters. The number of unbranched alkanes of at least 4 members (excludes halogenated alkanes) is 1. The van der Waals surface area contributed by atoms with E-state index in [0.29, 0.717) is 89.4 Å². The molecule has 4 rings (SSSR count). The van der Waals surface area contributed by atoms with Gasteiger partial charge >= 0.3 is 12.4 Å². The van der Waals surface area contributed by atoms with Gasteiger partial charge in [-0.2, -0.15) is 26.3 Å². The number of carbonyl (C=O) groups is 2. The first-order valence-electron chi connectivity index (χ1n) is 13.3. The number of hydrogen-bond acceptors (Lipinski definition) is 4. The van der Waals surface area contributed by atoms with E-state index in [1.165, 1.54) is 12.1 Å². The second-order valence-electron chi connectivity index (χ2n) is 10.0. The molecule has 12 heteroatoms. The number of carbonyl (C=O) groups excluding carboxylic acids is 2. The lowest BCUT2D eigenvalue weighted by molar-refractivity contribution is -0.138. The number of rotatable bonds is 7. The van der Waals surface area contributed by atoms with Crippen molar-refractivity contribution in [2.45, 2.75) is 38.0 Å². The lowest BCUT2D eigenvalue weighted by Gasteiger charge is -2.36. The maximum Gasteiger partial charge on any atom is 0.416 e. The second kappa shape index (κ2) is 12.4. The Morgan fingerprint density at radius 2 is 0.925 bits per heavy atom. The van der Waals surface area contributed by atoms with Crippen LogP contribution in [0.25, 0.3) is 0 Å². The molecule has 2 aromatic rings. The smallest absolute Gasteiger partial charge is 0.368 e. The van der Waals surface area contributed by atoms with Crippen molar-refractivity contribution in [2.24, 2.45) is 0 Å². The first kappa shape index (κ1) is 29.5. The minimum atomic E-state index is -4.41. The van der Waals surface area contributed by atoms with E-state index in [9.17, 15) is 35.9 Å². The third kappa shape index (κ3) is 7.60. The second-order valence-corrected chi connectivity index (χ2v) is 10.0. The molecule has 2 aliphatic rings. The molecule has 2 aliphatic heterocycles. The maximum absolute atomic E-state index is 13.0. The fraction of sp³-hybridized carbons (Fsp3) is 0.500. The summed E-state index contributed by atoms with van der Waals surface area (Å²) in [7, 11) is 0. The number of anilines is 2. The summed E-state index contributed by atoms with van der Waals surface area (Å²) in [5.41, 5.74) is -0.432. The Labute approximate surface area is 229 Å². The first-order chi connectivity index (χ1) is 18.9. The monoisotopic (exact) mass is 570 g/mol. The van der Waals surface area contributed by atoms with E-state index in [4.69, 9.17) is 0 Å². The molecular formula is C28H32F6N4O2. The molecule has 40 heavy (non-hydrogen) atoms. The zero-order valence-corrected chi connectivity index (χ0v) is 22.0. The Hall–Kier alpha value is -3.44. The van der Waals surface area contributed by atoms with E-state index < -0.39 is 23.5 Å².